The number of carbonyl (C=O) groups excluding carboxylic acids is 1. The topological polar surface area (TPSA) is 78.3 Å². The van der Waals surface area contributed by atoms with Gasteiger partial charge in [0.15, 0.2) is 11.0 Å². The normalized spacial score (nSPS) is 10.6. The number of methoxy groups -OCH3 is 2. The van der Waals surface area contributed by atoms with Crippen molar-refractivity contribution in [3.8, 4) is 22.9 Å². The Balaban J connectivity index is 1.66. The number of rotatable bonds is 7. The number of aryl methyl sites for hydroxylation is 1. The van der Waals surface area contributed by atoms with Crippen LogP contribution in [0.1, 0.15) is 5.56 Å². The molecule has 0 fully saturated rings. The summed E-state index contributed by atoms with van der Waals surface area (Å²) in [4.78, 5) is 12.4. The summed E-state index contributed by atoms with van der Waals surface area (Å²) in [5.74, 6) is 2.01. The van der Waals surface area contributed by atoms with E-state index in [1.54, 1.807) is 32.4 Å². The van der Waals surface area contributed by atoms with Crippen LogP contribution in [0.5, 0.6) is 11.5 Å². The molecule has 0 atom stereocenters. The van der Waals surface area contributed by atoms with Crippen LogP contribution < -0.4 is 14.8 Å². The predicted molar refractivity (Wildman–Crippen MR) is 110 cm³/mol. The molecule has 0 aliphatic rings. The quantitative estimate of drug-likeness (QED) is 0.614. The van der Waals surface area contributed by atoms with E-state index in [-0.39, 0.29) is 11.7 Å². The molecule has 1 heterocycles. The number of anilines is 1. The van der Waals surface area contributed by atoms with E-state index in [0.717, 1.165) is 17.0 Å². The third-order valence-electron chi connectivity index (χ3n) is 4.13. The first-order valence-electron chi connectivity index (χ1n) is 8.63. The van der Waals surface area contributed by atoms with Gasteiger partial charge in [-0.3, -0.25) is 4.79 Å². The number of hydrogen-bond donors (Lipinski definition) is 1. The number of nitrogens with one attached hydrogen (secondary N) is 1. The number of ether oxygens (including phenoxy) is 2. The molecule has 0 aliphatic heterocycles. The van der Waals surface area contributed by atoms with Crippen molar-refractivity contribution < 1.29 is 14.3 Å². The molecular weight excluding hydrogens is 376 g/mol. The van der Waals surface area contributed by atoms with Gasteiger partial charge in [0.05, 0.1) is 25.7 Å². The Bertz CT molecular complexity index is 987. The van der Waals surface area contributed by atoms with Gasteiger partial charge in [0.2, 0.25) is 5.91 Å². The van der Waals surface area contributed by atoms with Crippen molar-refractivity contribution in [1.82, 2.24) is 14.8 Å². The van der Waals surface area contributed by atoms with Crippen LogP contribution in [-0.2, 0) is 11.8 Å². The number of amides is 1. The first-order valence-corrected chi connectivity index (χ1v) is 9.61. The van der Waals surface area contributed by atoms with Gasteiger partial charge in [-0.15, -0.1) is 10.2 Å². The van der Waals surface area contributed by atoms with Gasteiger partial charge in [-0.05, 0) is 25.1 Å². The van der Waals surface area contributed by atoms with Crippen LogP contribution in [0.3, 0.4) is 0 Å². The highest BCUT2D eigenvalue weighted by molar-refractivity contribution is 7.99. The van der Waals surface area contributed by atoms with Crippen molar-refractivity contribution in [1.29, 1.82) is 0 Å². The number of thioether (sulfide) groups is 1. The summed E-state index contributed by atoms with van der Waals surface area (Å²) in [5.41, 5.74) is 2.74. The molecule has 1 aromatic heterocycles. The first-order chi connectivity index (χ1) is 13.5. The van der Waals surface area contributed by atoms with E-state index < -0.39 is 0 Å². The molecule has 2 aromatic carbocycles. The summed E-state index contributed by atoms with van der Waals surface area (Å²) in [7, 11) is 5.02. The molecule has 0 bridgehead atoms. The number of aromatic nitrogens is 3. The van der Waals surface area contributed by atoms with Crippen molar-refractivity contribution in [2.24, 2.45) is 7.05 Å². The molecule has 146 valence electrons. The van der Waals surface area contributed by atoms with Gasteiger partial charge in [0.25, 0.3) is 0 Å². The standard InChI is InChI=1S/C20H22N4O3S/c1-13-6-5-7-14(10-13)19-22-23-20(24(19)2)28-12-18(25)21-16-9-8-15(26-3)11-17(16)27-4/h5-11H,12H2,1-4H3,(H,21,25). The Labute approximate surface area is 168 Å². The van der Waals surface area contributed by atoms with Crippen molar-refractivity contribution in [2.45, 2.75) is 12.1 Å². The Morgan fingerprint density at radius 3 is 2.68 bits per heavy atom. The maximum absolute atomic E-state index is 12.4. The second-order valence-corrected chi connectivity index (χ2v) is 7.08. The van der Waals surface area contributed by atoms with Gasteiger partial charge in [0.1, 0.15) is 11.5 Å². The third kappa shape index (κ3) is 4.45. The lowest BCUT2D eigenvalue weighted by molar-refractivity contribution is -0.113. The highest BCUT2D eigenvalue weighted by Gasteiger charge is 2.14. The zero-order valence-electron chi connectivity index (χ0n) is 16.2. The van der Waals surface area contributed by atoms with Gasteiger partial charge >= 0.3 is 0 Å². The van der Waals surface area contributed by atoms with Crippen LogP contribution in [0, 0.1) is 6.92 Å². The molecule has 1 amide bonds. The molecule has 0 unspecified atom stereocenters. The van der Waals surface area contributed by atoms with E-state index in [0.29, 0.717) is 22.3 Å². The Hall–Kier alpha value is -3.00. The smallest absolute Gasteiger partial charge is 0.234 e. The molecule has 3 aromatic rings. The number of nitrogens with zero attached hydrogens (tertiary/aromatic N) is 3. The van der Waals surface area contributed by atoms with E-state index in [1.165, 1.54) is 11.8 Å². The van der Waals surface area contributed by atoms with Crippen LogP contribution in [0.2, 0.25) is 0 Å². The number of benzene rings is 2. The summed E-state index contributed by atoms with van der Waals surface area (Å²) in [6, 6.07) is 13.3. The fraction of sp³-hybridized carbons (Fsp3) is 0.250. The van der Waals surface area contributed by atoms with E-state index >= 15 is 0 Å². The molecule has 7 nitrogen and oxygen atoms in total. The van der Waals surface area contributed by atoms with Crippen LogP contribution in [0.15, 0.2) is 47.6 Å². The second kappa shape index (κ2) is 8.79. The van der Waals surface area contributed by atoms with Crippen molar-refractivity contribution >= 4 is 23.4 Å². The monoisotopic (exact) mass is 398 g/mol. The van der Waals surface area contributed by atoms with Gasteiger partial charge in [-0.2, -0.15) is 0 Å². The van der Waals surface area contributed by atoms with E-state index in [4.69, 9.17) is 9.47 Å². The summed E-state index contributed by atoms with van der Waals surface area (Å²) in [6.07, 6.45) is 0. The molecule has 0 saturated carbocycles. The fourth-order valence-corrected chi connectivity index (χ4v) is 3.41. The second-order valence-electron chi connectivity index (χ2n) is 6.14. The first kappa shape index (κ1) is 19.8. The number of carbonyl (C=O) groups is 1. The van der Waals surface area contributed by atoms with E-state index in [2.05, 4.69) is 21.6 Å². The average molecular weight is 398 g/mol. The maximum atomic E-state index is 12.4. The van der Waals surface area contributed by atoms with Crippen molar-refractivity contribution in [2.75, 3.05) is 25.3 Å². The summed E-state index contributed by atoms with van der Waals surface area (Å²) < 4.78 is 12.4. The molecule has 3 rings (SSSR count). The summed E-state index contributed by atoms with van der Waals surface area (Å²) >= 11 is 1.33. The molecule has 0 saturated heterocycles. The molecular formula is C20H22N4O3S. The largest absolute Gasteiger partial charge is 0.497 e. The van der Waals surface area contributed by atoms with E-state index in [1.807, 2.05) is 36.7 Å². The maximum Gasteiger partial charge on any atom is 0.234 e. The molecule has 28 heavy (non-hydrogen) atoms. The van der Waals surface area contributed by atoms with Crippen LogP contribution >= 0.6 is 11.8 Å². The van der Waals surface area contributed by atoms with Gasteiger partial charge < -0.3 is 19.4 Å². The Kier molecular flexibility index (Phi) is 6.20. The highest BCUT2D eigenvalue weighted by atomic mass is 32.2. The zero-order chi connectivity index (χ0) is 20.1. The molecule has 8 heteroatoms. The van der Waals surface area contributed by atoms with Crippen LogP contribution in [0.4, 0.5) is 5.69 Å². The van der Waals surface area contributed by atoms with Crippen LogP contribution in [-0.4, -0.2) is 40.6 Å². The average Bonchev–Trinajstić information content (AvgIpc) is 3.07. The van der Waals surface area contributed by atoms with E-state index in [9.17, 15) is 4.79 Å². The predicted octanol–water partition coefficient (Wildman–Crippen LogP) is 3.54. The SMILES string of the molecule is COc1ccc(NC(=O)CSc2nnc(-c3cccc(C)c3)n2C)c(OC)c1. The van der Waals surface area contributed by atoms with Gasteiger partial charge in [-0.1, -0.05) is 35.5 Å². The molecule has 0 radical (unpaired) electrons. The minimum absolute atomic E-state index is 0.159. The Morgan fingerprint density at radius 2 is 1.96 bits per heavy atom. The van der Waals surface area contributed by atoms with Gasteiger partial charge in [-0.25, -0.2) is 0 Å². The van der Waals surface area contributed by atoms with Crippen molar-refractivity contribution in [3.63, 3.8) is 0 Å². The lowest BCUT2D eigenvalue weighted by atomic mass is 10.1. The minimum Gasteiger partial charge on any atom is -0.497 e. The van der Waals surface area contributed by atoms with Gasteiger partial charge in [0, 0.05) is 18.7 Å². The lowest BCUT2D eigenvalue weighted by Crippen LogP contribution is -2.15. The number of hydrogen-bond acceptors (Lipinski definition) is 6. The van der Waals surface area contributed by atoms with Crippen LogP contribution in [0.25, 0.3) is 11.4 Å². The third-order valence-corrected chi connectivity index (χ3v) is 5.15. The fourth-order valence-electron chi connectivity index (χ4n) is 2.69. The molecule has 0 aliphatic carbocycles. The molecule has 0 spiro atoms. The summed E-state index contributed by atoms with van der Waals surface area (Å²) in [6.45, 7) is 2.04. The van der Waals surface area contributed by atoms with Crippen molar-refractivity contribution in [3.05, 3.63) is 48.0 Å². The lowest BCUT2D eigenvalue weighted by Gasteiger charge is -2.11. The molecule has 1 N–H and O–H groups in total. The highest BCUT2D eigenvalue weighted by Crippen LogP contribution is 2.29. The Morgan fingerprint density at radius 1 is 1.14 bits per heavy atom. The summed E-state index contributed by atoms with van der Waals surface area (Å²) in [5, 5.41) is 12.0. The zero-order valence-corrected chi connectivity index (χ0v) is 17.0. The minimum atomic E-state index is -0.159.